The maximum absolute atomic E-state index is 15.2. The van der Waals surface area contributed by atoms with Gasteiger partial charge in [-0.1, -0.05) is 18.2 Å². The summed E-state index contributed by atoms with van der Waals surface area (Å²) in [6.07, 6.45) is 3.49. The van der Waals surface area contributed by atoms with E-state index in [4.69, 9.17) is 0 Å². The molecule has 2 fully saturated rings. The number of piperidine rings is 1. The molecule has 0 radical (unpaired) electrons. The van der Waals surface area contributed by atoms with E-state index < -0.39 is 6.04 Å². The smallest absolute Gasteiger partial charge is 0.255 e. The van der Waals surface area contributed by atoms with Crippen LogP contribution >= 0.6 is 0 Å². The molecular formula is C33H40FN7O2. The highest BCUT2D eigenvalue weighted by molar-refractivity contribution is 6.02. The van der Waals surface area contributed by atoms with Crippen molar-refractivity contribution < 1.29 is 14.0 Å². The number of halogens is 1. The summed E-state index contributed by atoms with van der Waals surface area (Å²) >= 11 is 0. The molecule has 1 aromatic heterocycles. The number of hydrogen-bond donors (Lipinski definition) is 2. The number of rotatable bonds is 9. The van der Waals surface area contributed by atoms with Crippen LogP contribution < -0.4 is 15.5 Å². The quantitative estimate of drug-likeness (QED) is 0.398. The Hall–Kier alpha value is -4.02. The second-order valence-electron chi connectivity index (χ2n) is 12.0. The predicted molar refractivity (Wildman–Crippen MR) is 165 cm³/mol. The number of amides is 2. The van der Waals surface area contributed by atoms with Crippen LogP contribution in [-0.4, -0.2) is 84.4 Å². The van der Waals surface area contributed by atoms with E-state index in [1.165, 1.54) is 0 Å². The van der Waals surface area contributed by atoms with Gasteiger partial charge in [0.1, 0.15) is 11.9 Å². The van der Waals surface area contributed by atoms with E-state index >= 15 is 4.39 Å². The minimum Gasteiger partial charge on any atom is -0.381 e. The predicted octanol–water partition coefficient (Wildman–Crippen LogP) is 3.45. The fourth-order valence-electron chi connectivity index (χ4n) is 6.29. The number of aromatic nitrogens is 1. The average Bonchev–Trinajstić information content (AvgIpc) is 3.34. The standard InChI is InChI=1S/C33H40FN7O2/c1-38(2)21-25-10-11-26(19-36-25)40-15-13-39(14-16-40)20-23-8-9-24(29(34)17-23)18-37-30-6-3-5-27-28(30)22-41(33(27)43)31-7-4-12-35-32(31)42/h3,5-6,8-11,17,19,31,37H,4,7,12-16,18,20-22H2,1-2H3,(H,35,42). The highest BCUT2D eigenvalue weighted by Gasteiger charge is 2.38. The van der Waals surface area contributed by atoms with Gasteiger partial charge in [0.15, 0.2) is 0 Å². The topological polar surface area (TPSA) is 84.0 Å². The number of carbonyl (C=O) groups excluding carboxylic acids is 2. The molecule has 2 N–H and O–H groups in total. The summed E-state index contributed by atoms with van der Waals surface area (Å²) in [7, 11) is 4.08. The van der Waals surface area contributed by atoms with Crippen LogP contribution in [0.5, 0.6) is 0 Å². The second kappa shape index (κ2) is 12.7. The molecule has 226 valence electrons. The lowest BCUT2D eigenvalue weighted by Gasteiger charge is -2.36. The third-order valence-electron chi connectivity index (χ3n) is 8.65. The largest absolute Gasteiger partial charge is 0.381 e. The Morgan fingerprint density at radius 3 is 2.63 bits per heavy atom. The van der Waals surface area contributed by atoms with Crippen LogP contribution in [0.1, 0.15) is 45.6 Å². The fraction of sp³-hybridized carbons (Fsp3) is 0.424. The summed E-state index contributed by atoms with van der Waals surface area (Å²) in [6.45, 7) is 6.50. The minimum absolute atomic E-state index is 0.0892. The third-order valence-corrected chi connectivity index (χ3v) is 8.65. The first kappa shape index (κ1) is 29.1. The van der Waals surface area contributed by atoms with E-state index in [2.05, 4.69) is 42.5 Å². The Morgan fingerprint density at radius 2 is 1.91 bits per heavy atom. The van der Waals surface area contributed by atoms with Gasteiger partial charge in [0, 0.05) is 81.3 Å². The fourth-order valence-corrected chi connectivity index (χ4v) is 6.29. The van der Waals surface area contributed by atoms with Crippen LogP contribution in [-0.2, 0) is 31.0 Å². The molecule has 0 aliphatic carbocycles. The molecule has 4 heterocycles. The van der Waals surface area contributed by atoms with Gasteiger partial charge in [0.25, 0.3) is 5.91 Å². The van der Waals surface area contributed by atoms with E-state index in [1.54, 1.807) is 17.0 Å². The molecule has 0 spiro atoms. The van der Waals surface area contributed by atoms with Gasteiger partial charge in [0.05, 0.1) is 17.6 Å². The van der Waals surface area contributed by atoms with Crippen LogP contribution in [0.4, 0.5) is 15.8 Å². The first-order chi connectivity index (χ1) is 20.9. The number of piperazine rings is 1. The summed E-state index contributed by atoms with van der Waals surface area (Å²) < 4.78 is 15.2. The van der Waals surface area contributed by atoms with E-state index in [-0.39, 0.29) is 17.6 Å². The van der Waals surface area contributed by atoms with Gasteiger partial charge in [0.2, 0.25) is 5.91 Å². The first-order valence-corrected chi connectivity index (χ1v) is 15.1. The van der Waals surface area contributed by atoms with Gasteiger partial charge in [-0.15, -0.1) is 0 Å². The molecule has 9 nitrogen and oxygen atoms in total. The highest BCUT2D eigenvalue weighted by Crippen LogP contribution is 2.32. The summed E-state index contributed by atoms with van der Waals surface area (Å²) in [6, 6.07) is 14.8. The van der Waals surface area contributed by atoms with Crippen molar-refractivity contribution in [2.45, 2.75) is 45.1 Å². The lowest BCUT2D eigenvalue weighted by atomic mass is 10.1. The summed E-state index contributed by atoms with van der Waals surface area (Å²) in [5.74, 6) is -0.447. The van der Waals surface area contributed by atoms with Crippen LogP contribution in [0.15, 0.2) is 54.7 Å². The summed E-state index contributed by atoms with van der Waals surface area (Å²) in [5, 5.41) is 6.22. The SMILES string of the molecule is CN(C)Cc1ccc(N2CCN(Cc3ccc(CNc4cccc5c4CN(C4CCCNC4=O)C5=O)c(F)c3)CC2)cn1. The van der Waals surface area contributed by atoms with Crippen molar-refractivity contribution in [2.24, 2.45) is 0 Å². The Bertz CT molecular complexity index is 1470. The van der Waals surface area contributed by atoms with Gasteiger partial charge in [-0.2, -0.15) is 0 Å². The van der Waals surface area contributed by atoms with Gasteiger partial charge in [-0.25, -0.2) is 4.39 Å². The van der Waals surface area contributed by atoms with E-state index in [0.717, 1.165) is 67.3 Å². The number of fused-ring (bicyclic) bond motifs is 1. The molecule has 3 aliphatic rings. The van der Waals surface area contributed by atoms with Crippen molar-refractivity contribution >= 4 is 23.2 Å². The van der Waals surface area contributed by atoms with E-state index in [1.807, 2.05) is 44.6 Å². The lowest BCUT2D eigenvalue weighted by Crippen LogP contribution is -2.50. The Balaban J connectivity index is 1.02. The van der Waals surface area contributed by atoms with Gasteiger partial charge in [-0.05, 0) is 62.8 Å². The van der Waals surface area contributed by atoms with Crippen LogP contribution in [0, 0.1) is 5.82 Å². The maximum atomic E-state index is 15.2. The number of pyridine rings is 1. The number of carbonyl (C=O) groups is 2. The Kier molecular flexibility index (Phi) is 8.58. The summed E-state index contributed by atoms with van der Waals surface area (Å²) in [4.78, 5) is 38.6. The Morgan fingerprint density at radius 1 is 1.07 bits per heavy atom. The van der Waals surface area contributed by atoms with Crippen molar-refractivity contribution in [1.29, 1.82) is 0 Å². The second-order valence-corrected chi connectivity index (χ2v) is 12.0. The zero-order valence-electron chi connectivity index (χ0n) is 25.0. The van der Waals surface area contributed by atoms with Gasteiger partial charge < -0.3 is 25.3 Å². The lowest BCUT2D eigenvalue weighted by molar-refractivity contribution is -0.127. The molecule has 0 saturated carbocycles. The molecule has 43 heavy (non-hydrogen) atoms. The van der Waals surface area contributed by atoms with E-state index in [9.17, 15) is 9.59 Å². The molecule has 2 saturated heterocycles. The van der Waals surface area contributed by atoms with Crippen LogP contribution in [0.3, 0.4) is 0 Å². The Labute approximate surface area is 252 Å². The van der Waals surface area contributed by atoms with Crippen LogP contribution in [0.25, 0.3) is 0 Å². The molecule has 10 heteroatoms. The number of hydrogen-bond acceptors (Lipinski definition) is 7. The number of benzene rings is 2. The van der Waals surface area contributed by atoms with Crippen molar-refractivity contribution in [3.63, 3.8) is 0 Å². The molecule has 1 atom stereocenters. The van der Waals surface area contributed by atoms with Crippen molar-refractivity contribution in [1.82, 2.24) is 25.0 Å². The molecule has 3 aliphatic heterocycles. The molecule has 0 bridgehead atoms. The molecule has 6 rings (SSSR count). The molecule has 3 aromatic rings. The number of anilines is 2. The van der Waals surface area contributed by atoms with Crippen molar-refractivity contribution in [3.05, 3.63) is 88.5 Å². The third kappa shape index (κ3) is 6.50. The molecular weight excluding hydrogens is 545 g/mol. The van der Waals surface area contributed by atoms with Crippen molar-refractivity contribution in [2.75, 3.05) is 57.0 Å². The highest BCUT2D eigenvalue weighted by atomic mass is 19.1. The minimum atomic E-state index is -0.439. The zero-order valence-corrected chi connectivity index (χ0v) is 25.0. The van der Waals surface area contributed by atoms with E-state index in [0.29, 0.717) is 43.7 Å². The zero-order chi connectivity index (χ0) is 29.9. The number of nitrogens with one attached hydrogen (secondary N) is 2. The molecule has 2 aromatic carbocycles. The molecule has 1 unspecified atom stereocenters. The normalized spacial score (nSPS) is 19.1. The maximum Gasteiger partial charge on any atom is 0.255 e. The van der Waals surface area contributed by atoms with Crippen molar-refractivity contribution in [3.8, 4) is 0 Å². The monoisotopic (exact) mass is 585 g/mol. The first-order valence-electron chi connectivity index (χ1n) is 15.1. The number of nitrogens with zero attached hydrogens (tertiary/aromatic N) is 5. The summed E-state index contributed by atoms with van der Waals surface area (Å²) in [5.41, 5.74) is 6.01. The van der Waals surface area contributed by atoms with Gasteiger partial charge >= 0.3 is 0 Å². The molecule has 2 amide bonds. The van der Waals surface area contributed by atoms with Crippen LogP contribution in [0.2, 0.25) is 0 Å². The van der Waals surface area contributed by atoms with Gasteiger partial charge in [-0.3, -0.25) is 19.5 Å². The average molecular weight is 586 g/mol.